The van der Waals surface area contributed by atoms with Gasteiger partial charge in [0.05, 0.1) is 24.1 Å². The molecule has 194 valence electrons. The Balaban J connectivity index is 1.34. The molecule has 1 aliphatic heterocycles. The molecule has 0 atom stereocenters. The number of carbonyl (C=O) groups excluding carboxylic acids is 2. The number of nitrogens with zero attached hydrogens (tertiary/aromatic N) is 1. The van der Waals surface area contributed by atoms with Crippen LogP contribution in [0.15, 0.2) is 66.1 Å². The number of fused-ring (bicyclic) bond motifs is 1. The van der Waals surface area contributed by atoms with Gasteiger partial charge in [-0.3, -0.25) is 9.59 Å². The van der Waals surface area contributed by atoms with Crippen LogP contribution in [0.5, 0.6) is 11.5 Å². The molecule has 3 aromatic rings. The van der Waals surface area contributed by atoms with Crippen LogP contribution in [0.25, 0.3) is 0 Å². The molecule has 2 heterocycles. The lowest BCUT2D eigenvalue weighted by molar-refractivity contribution is -0.111. The number of sulfonamides is 1. The Kier molecular flexibility index (Phi) is 7.96. The summed E-state index contributed by atoms with van der Waals surface area (Å²) < 4.78 is 38.2. The highest BCUT2D eigenvalue weighted by Crippen LogP contribution is 2.37. The van der Waals surface area contributed by atoms with Crippen molar-refractivity contribution in [3.8, 4) is 11.5 Å². The Morgan fingerprint density at radius 1 is 1.05 bits per heavy atom. The molecule has 2 aromatic carbocycles. The van der Waals surface area contributed by atoms with E-state index in [-0.39, 0.29) is 29.8 Å². The van der Waals surface area contributed by atoms with Gasteiger partial charge in [-0.15, -0.1) is 11.3 Å². The van der Waals surface area contributed by atoms with Crippen LogP contribution in [0.1, 0.15) is 26.4 Å². The van der Waals surface area contributed by atoms with E-state index in [1.54, 1.807) is 20.3 Å². The number of thiophene rings is 1. The minimum atomic E-state index is -3.74. The maximum atomic E-state index is 13.1. The zero-order chi connectivity index (χ0) is 26.6. The number of carbonyl (C=O) groups is 2. The molecule has 4 rings (SSSR count). The Hall–Kier alpha value is -3.67. The van der Waals surface area contributed by atoms with E-state index < -0.39 is 10.0 Å². The summed E-state index contributed by atoms with van der Waals surface area (Å²) in [4.78, 5) is 25.1. The second-order valence-corrected chi connectivity index (χ2v) is 11.3. The molecule has 2 N–H and O–H groups in total. The average Bonchev–Trinajstić information content (AvgIpc) is 3.48. The lowest BCUT2D eigenvalue weighted by atomic mass is 10.1. The van der Waals surface area contributed by atoms with E-state index in [4.69, 9.17) is 9.47 Å². The zero-order valence-corrected chi connectivity index (χ0v) is 22.1. The van der Waals surface area contributed by atoms with Gasteiger partial charge in [0.15, 0.2) is 11.5 Å². The fourth-order valence-corrected chi connectivity index (χ4v) is 6.49. The number of hydrogen-bond donors (Lipinski definition) is 2. The van der Waals surface area contributed by atoms with Gasteiger partial charge in [-0.25, -0.2) is 8.42 Å². The zero-order valence-electron chi connectivity index (χ0n) is 20.4. The second kappa shape index (κ2) is 11.2. The van der Waals surface area contributed by atoms with Crippen molar-refractivity contribution < 1.29 is 27.5 Å². The van der Waals surface area contributed by atoms with Gasteiger partial charge < -0.3 is 20.1 Å². The number of benzene rings is 2. The first kappa shape index (κ1) is 26.4. The highest BCUT2D eigenvalue weighted by molar-refractivity contribution is 7.89. The average molecular weight is 542 g/mol. The van der Waals surface area contributed by atoms with Crippen LogP contribution in [-0.2, 0) is 34.3 Å². The van der Waals surface area contributed by atoms with Crippen LogP contribution < -0.4 is 20.1 Å². The molecule has 0 radical (unpaired) electrons. The maximum Gasteiger partial charge on any atom is 0.251 e. The van der Waals surface area contributed by atoms with Crippen LogP contribution in [0.2, 0.25) is 0 Å². The van der Waals surface area contributed by atoms with E-state index in [0.29, 0.717) is 35.0 Å². The molecule has 1 aromatic heterocycles. The third kappa shape index (κ3) is 5.85. The SMILES string of the molecule is C=CC(=O)Nc1cc2c(s1)CN(S(=O)(=O)c1ccc(C(=O)NCCc3ccc(OC)c(OC)c3)cc1)C2. The van der Waals surface area contributed by atoms with E-state index in [1.165, 1.54) is 46.0 Å². The molecular weight excluding hydrogens is 514 g/mol. The molecule has 1 aliphatic rings. The van der Waals surface area contributed by atoms with Crippen molar-refractivity contribution in [2.75, 3.05) is 26.1 Å². The van der Waals surface area contributed by atoms with E-state index in [2.05, 4.69) is 17.2 Å². The third-order valence-electron chi connectivity index (χ3n) is 5.90. The van der Waals surface area contributed by atoms with Crippen molar-refractivity contribution in [2.45, 2.75) is 24.4 Å². The first-order chi connectivity index (χ1) is 17.7. The number of rotatable bonds is 10. The van der Waals surface area contributed by atoms with Crippen LogP contribution in [0, 0.1) is 0 Å². The van der Waals surface area contributed by atoms with Gasteiger partial charge in [-0.05, 0) is 66.1 Å². The predicted octanol–water partition coefficient (Wildman–Crippen LogP) is 3.57. The van der Waals surface area contributed by atoms with Gasteiger partial charge >= 0.3 is 0 Å². The van der Waals surface area contributed by atoms with E-state index in [9.17, 15) is 18.0 Å². The fraction of sp³-hybridized carbons (Fsp3) is 0.231. The summed E-state index contributed by atoms with van der Waals surface area (Å²) in [6, 6.07) is 13.3. The van der Waals surface area contributed by atoms with E-state index in [0.717, 1.165) is 16.0 Å². The molecule has 0 fully saturated rings. The lowest BCUT2D eigenvalue weighted by Crippen LogP contribution is -2.27. The Bertz CT molecular complexity index is 1410. The van der Waals surface area contributed by atoms with Crippen molar-refractivity contribution >= 4 is 38.2 Å². The van der Waals surface area contributed by atoms with Gasteiger partial charge in [0.2, 0.25) is 15.9 Å². The number of hydrogen-bond acceptors (Lipinski definition) is 7. The Morgan fingerprint density at radius 2 is 1.78 bits per heavy atom. The predicted molar refractivity (Wildman–Crippen MR) is 142 cm³/mol. The molecule has 11 heteroatoms. The van der Waals surface area contributed by atoms with Crippen molar-refractivity contribution in [1.29, 1.82) is 0 Å². The summed E-state index contributed by atoms with van der Waals surface area (Å²) >= 11 is 1.34. The number of ether oxygens (including phenoxy) is 2. The van der Waals surface area contributed by atoms with Gasteiger partial charge in [0, 0.05) is 30.1 Å². The summed E-state index contributed by atoms with van der Waals surface area (Å²) in [5, 5.41) is 6.21. The third-order valence-corrected chi connectivity index (χ3v) is 8.78. The molecule has 0 saturated carbocycles. The first-order valence-electron chi connectivity index (χ1n) is 11.4. The lowest BCUT2D eigenvalue weighted by Gasteiger charge is -2.16. The molecule has 2 amide bonds. The molecule has 0 bridgehead atoms. The topological polar surface area (TPSA) is 114 Å². The summed E-state index contributed by atoms with van der Waals surface area (Å²) in [5.41, 5.74) is 2.21. The minimum Gasteiger partial charge on any atom is -0.493 e. The largest absolute Gasteiger partial charge is 0.493 e. The fourth-order valence-electron chi connectivity index (χ4n) is 3.93. The Labute approximate surface area is 219 Å². The molecular formula is C26H27N3O6S2. The summed E-state index contributed by atoms with van der Waals surface area (Å²) in [7, 11) is -0.603. The summed E-state index contributed by atoms with van der Waals surface area (Å²) in [6.45, 7) is 4.27. The van der Waals surface area contributed by atoms with Gasteiger partial charge in [0.1, 0.15) is 0 Å². The van der Waals surface area contributed by atoms with Gasteiger partial charge in [-0.1, -0.05) is 12.6 Å². The minimum absolute atomic E-state index is 0.115. The smallest absolute Gasteiger partial charge is 0.251 e. The van der Waals surface area contributed by atoms with Crippen molar-refractivity contribution in [1.82, 2.24) is 9.62 Å². The van der Waals surface area contributed by atoms with Crippen LogP contribution in [0.3, 0.4) is 0 Å². The molecule has 9 nitrogen and oxygen atoms in total. The summed E-state index contributed by atoms with van der Waals surface area (Å²) in [5.74, 6) is 0.657. The van der Waals surface area contributed by atoms with E-state index >= 15 is 0 Å². The normalized spacial score (nSPS) is 13.0. The number of anilines is 1. The monoisotopic (exact) mass is 541 g/mol. The number of methoxy groups -OCH3 is 2. The van der Waals surface area contributed by atoms with Crippen LogP contribution in [0.4, 0.5) is 5.00 Å². The molecule has 0 saturated heterocycles. The molecule has 0 aliphatic carbocycles. The highest BCUT2D eigenvalue weighted by Gasteiger charge is 2.32. The molecule has 37 heavy (non-hydrogen) atoms. The first-order valence-corrected chi connectivity index (χ1v) is 13.6. The van der Waals surface area contributed by atoms with Crippen molar-refractivity contribution in [2.24, 2.45) is 0 Å². The van der Waals surface area contributed by atoms with Crippen LogP contribution >= 0.6 is 11.3 Å². The number of amides is 2. The Morgan fingerprint density at radius 3 is 2.43 bits per heavy atom. The standard InChI is InChI=1S/C26H27N3O6S2/c1-4-24(30)28-25-14-19-15-29(16-23(19)36-25)37(32,33)20-8-6-18(7-9-20)26(31)27-12-11-17-5-10-21(34-2)22(13-17)35-3/h4-10,13-14H,1,11-12,15-16H2,2-3H3,(H,27,31)(H,28,30). The van der Waals surface area contributed by atoms with Gasteiger partial charge in [0.25, 0.3) is 5.91 Å². The molecule has 0 spiro atoms. The molecule has 0 unspecified atom stereocenters. The van der Waals surface area contributed by atoms with E-state index in [1.807, 2.05) is 18.2 Å². The van der Waals surface area contributed by atoms with Crippen LogP contribution in [-0.4, -0.2) is 45.3 Å². The van der Waals surface area contributed by atoms with Crippen molar-refractivity contribution in [3.05, 3.63) is 82.8 Å². The van der Waals surface area contributed by atoms with Gasteiger partial charge in [-0.2, -0.15) is 4.31 Å². The highest BCUT2D eigenvalue weighted by atomic mass is 32.2. The maximum absolute atomic E-state index is 13.1. The van der Waals surface area contributed by atoms with Crippen molar-refractivity contribution in [3.63, 3.8) is 0 Å². The number of nitrogens with one attached hydrogen (secondary N) is 2. The summed E-state index contributed by atoms with van der Waals surface area (Å²) in [6.07, 6.45) is 1.78. The quantitative estimate of drug-likeness (QED) is 0.380. The second-order valence-electron chi connectivity index (χ2n) is 8.25.